The van der Waals surface area contributed by atoms with Gasteiger partial charge in [0.25, 0.3) is 0 Å². The number of aromatic nitrogens is 1. The Morgan fingerprint density at radius 3 is 2.73 bits per heavy atom. The van der Waals surface area contributed by atoms with Gasteiger partial charge in [-0.05, 0) is 35.9 Å². The minimum Gasteiger partial charge on any atom is -0.373 e. The molecule has 1 aromatic heterocycles. The van der Waals surface area contributed by atoms with Gasteiger partial charge in [0.1, 0.15) is 5.69 Å². The monoisotopic (exact) mass is 292 g/mol. The molecule has 22 heavy (non-hydrogen) atoms. The fraction of sp³-hybridized carbons (Fsp3) is 0.211. The molecule has 1 aliphatic rings. The van der Waals surface area contributed by atoms with Crippen LogP contribution in [0.15, 0.2) is 60.9 Å². The molecule has 110 valence electrons. The number of alkyl halides is 1. The predicted octanol–water partition coefficient (Wildman–Crippen LogP) is 3.52. The summed E-state index contributed by atoms with van der Waals surface area (Å²) in [6.45, 7) is 0.979. The first kappa shape index (κ1) is 14.3. The number of rotatable bonds is 2. The number of pyridine rings is 1. The van der Waals surface area contributed by atoms with Crippen LogP contribution in [0.1, 0.15) is 17.7 Å². The summed E-state index contributed by atoms with van der Waals surface area (Å²) >= 11 is 0. The topological polar surface area (TPSA) is 16.1 Å². The van der Waals surface area contributed by atoms with Crippen LogP contribution in [0.2, 0.25) is 0 Å². The molecule has 1 aromatic carbocycles. The van der Waals surface area contributed by atoms with Crippen LogP contribution in [-0.4, -0.2) is 28.6 Å². The zero-order valence-electron chi connectivity index (χ0n) is 12.2. The van der Waals surface area contributed by atoms with Crippen LogP contribution in [0.4, 0.5) is 4.39 Å². The third-order valence-electron chi connectivity index (χ3n) is 3.61. The van der Waals surface area contributed by atoms with Crippen LogP contribution in [0.25, 0.3) is 6.08 Å². The fourth-order valence-electron chi connectivity index (χ4n) is 2.40. The molecule has 0 spiro atoms. The second kappa shape index (κ2) is 6.44. The fourth-order valence-corrected chi connectivity index (χ4v) is 2.40. The minimum atomic E-state index is -1.46. The zero-order chi connectivity index (χ0) is 15.3. The van der Waals surface area contributed by atoms with E-state index < -0.39 is 5.67 Å². The van der Waals surface area contributed by atoms with Crippen LogP contribution in [0.5, 0.6) is 0 Å². The first-order valence-corrected chi connectivity index (χ1v) is 7.34. The van der Waals surface area contributed by atoms with E-state index in [1.54, 1.807) is 12.3 Å². The molecule has 1 aliphatic heterocycles. The van der Waals surface area contributed by atoms with Crippen LogP contribution in [0.3, 0.4) is 0 Å². The van der Waals surface area contributed by atoms with E-state index >= 15 is 0 Å². The molecule has 0 radical (unpaired) electrons. The number of halogens is 1. The van der Waals surface area contributed by atoms with Crippen molar-refractivity contribution in [3.63, 3.8) is 0 Å². The van der Waals surface area contributed by atoms with Crippen molar-refractivity contribution in [2.24, 2.45) is 0 Å². The Kier molecular flexibility index (Phi) is 4.20. The molecule has 0 bridgehead atoms. The average Bonchev–Trinajstić information content (AvgIpc) is 2.95. The second-order valence-corrected chi connectivity index (χ2v) is 5.38. The van der Waals surface area contributed by atoms with E-state index in [4.69, 9.17) is 0 Å². The highest BCUT2D eigenvalue weighted by Gasteiger charge is 2.35. The maximum atomic E-state index is 14.7. The lowest BCUT2D eigenvalue weighted by Crippen LogP contribution is -2.24. The quantitative estimate of drug-likeness (QED) is 0.787. The molecular formula is C19H17FN2. The van der Waals surface area contributed by atoms with Gasteiger partial charge in [0.2, 0.25) is 0 Å². The number of benzene rings is 1. The van der Waals surface area contributed by atoms with E-state index in [9.17, 15) is 4.39 Å². The summed E-state index contributed by atoms with van der Waals surface area (Å²) in [6.07, 6.45) is 6.03. The molecule has 0 aliphatic carbocycles. The molecule has 1 atom stereocenters. The molecule has 1 saturated heterocycles. The van der Waals surface area contributed by atoms with Crippen molar-refractivity contribution in [1.82, 2.24) is 9.88 Å². The lowest BCUT2D eigenvalue weighted by atomic mass is 10.1. The lowest BCUT2D eigenvalue weighted by molar-refractivity contribution is 0.253. The zero-order valence-corrected chi connectivity index (χ0v) is 12.2. The highest BCUT2D eigenvalue weighted by atomic mass is 19.1. The Hall–Kier alpha value is -2.60. The van der Waals surface area contributed by atoms with Crippen molar-refractivity contribution in [1.29, 1.82) is 0 Å². The van der Waals surface area contributed by atoms with Crippen molar-refractivity contribution in [3.05, 3.63) is 72.2 Å². The Morgan fingerprint density at radius 2 is 1.95 bits per heavy atom. The molecule has 0 amide bonds. The molecule has 2 heterocycles. The minimum absolute atomic E-state index is 0.302. The van der Waals surface area contributed by atoms with E-state index in [2.05, 4.69) is 16.8 Å². The summed E-state index contributed by atoms with van der Waals surface area (Å²) in [7, 11) is 0. The van der Waals surface area contributed by atoms with Crippen molar-refractivity contribution in [3.8, 4) is 11.8 Å². The molecule has 0 N–H and O–H groups in total. The van der Waals surface area contributed by atoms with Crippen molar-refractivity contribution >= 4 is 6.08 Å². The third-order valence-corrected chi connectivity index (χ3v) is 3.61. The van der Waals surface area contributed by atoms with Gasteiger partial charge in [-0.1, -0.05) is 42.3 Å². The summed E-state index contributed by atoms with van der Waals surface area (Å²) in [4.78, 5) is 6.07. The third kappa shape index (κ3) is 3.73. The SMILES string of the molecule is FC1(C#Cc2ccccn2)CCN(C=Cc2ccccc2)C1. The first-order valence-electron chi connectivity index (χ1n) is 7.34. The van der Waals surface area contributed by atoms with Crippen molar-refractivity contribution in [2.75, 3.05) is 13.1 Å². The smallest absolute Gasteiger partial charge is 0.190 e. The lowest BCUT2D eigenvalue weighted by Gasteiger charge is -2.14. The molecule has 3 rings (SSSR count). The highest BCUT2D eigenvalue weighted by molar-refractivity contribution is 5.48. The molecule has 2 nitrogen and oxygen atoms in total. The Bertz CT molecular complexity index is 700. The summed E-state index contributed by atoms with van der Waals surface area (Å²) in [5.41, 5.74) is 0.259. The van der Waals surface area contributed by atoms with Crippen LogP contribution >= 0.6 is 0 Å². The largest absolute Gasteiger partial charge is 0.373 e. The maximum Gasteiger partial charge on any atom is 0.190 e. The molecule has 2 aromatic rings. The van der Waals surface area contributed by atoms with Gasteiger partial charge in [0, 0.05) is 19.2 Å². The van der Waals surface area contributed by atoms with Gasteiger partial charge in [0.05, 0.1) is 6.54 Å². The molecule has 1 unspecified atom stereocenters. The van der Waals surface area contributed by atoms with Gasteiger partial charge in [-0.15, -0.1) is 0 Å². The van der Waals surface area contributed by atoms with Crippen molar-refractivity contribution in [2.45, 2.75) is 12.1 Å². The number of likely N-dealkylation sites (tertiary alicyclic amines) is 1. The van der Waals surface area contributed by atoms with Crippen LogP contribution < -0.4 is 0 Å². The van der Waals surface area contributed by atoms with Crippen LogP contribution in [-0.2, 0) is 0 Å². The predicted molar refractivity (Wildman–Crippen MR) is 86.6 cm³/mol. The Morgan fingerprint density at radius 1 is 1.14 bits per heavy atom. The molecule has 3 heteroatoms. The Labute approximate surface area is 130 Å². The highest BCUT2D eigenvalue weighted by Crippen LogP contribution is 2.25. The standard InChI is InChI=1S/C19H17FN2/c20-19(11-9-18-8-4-5-13-21-18)12-15-22(16-19)14-10-17-6-2-1-3-7-17/h1-8,10,13-14H,12,15-16H2. The summed E-state index contributed by atoms with van der Waals surface area (Å²) in [6, 6.07) is 15.5. The first-order chi connectivity index (χ1) is 10.7. The van der Waals surface area contributed by atoms with Crippen LogP contribution in [0, 0.1) is 11.8 Å². The number of hydrogen-bond acceptors (Lipinski definition) is 2. The second-order valence-electron chi connectivity index (χ2n) is 5.38. The van der Waals surface area contributed by atoms with Gasteiger partial charge < -0.3 is 4.90 Å². The van der Waals surface area contributed by atoms with Gasteiger partial charge in [-0.2, -0.15) is 0 Å². The normalized spacial score (nSPS) is 20.9. The van der Waals surface area contributed by atoms with E-state index in [0.717, 1.165) is 5.56 Å². The van der Waals surface area contributed by atoms with E-state index in [-0.39, 0.29) is 0 Å². The molecule has 1 fully saturated rings. The van der Waals surface area contributed by atoms with Gasteiger partial charge in [0.15, 0.2) is 5.67 Å². The van der Waals surface area contributed by atoms with Crippen molar-refractivity contribution < 1.29 is 4.39 Å². The average molecular weight is 292 g/mol. The Balaban J connectivity index is 1.64. The van der Waals surface area contributed by atoms with E-state index in [0.29, 0.717) is 25.2 Å². The van der Waals surface area contributed by atoms with Gasteiger partial charge in [-0.3, -0.25) is 0 Å². The number of hydrogen-bond donors (Lipinski definition) is 0. The van der Waals surface area contributed by atoms with E-state index in [1.807, 2.05) is 59.6 Å². The number of nitrogens with zero attached hydrogens (tertiary/aromatic N) is 2. The summed E-state index contributed by atoms with van der Waals surface area (Å²) in [5.74, 6) is 5.58. The maximum absolute atomic E-state index is 14.7. The summed E-state index contributed by atoms with van der Waals surface area (Å²) < 4.78 is 14.7. The molecular weight excluding hydrogens is 275 g/mol. The van der Waals surface area contributed by atoms with Gasteiger partial charge in [-0.25, -0.2) is 9.37 Å². The molecule has 0 saturated carbocycles. The summed E-state index contributed by atoms with van der Waals surface area (Å²) in [5, 5.41) is 0. The van der Waals surface area contributed by atoms with Gasteiger partial charge >= 0.3 is 0 Å². The van der Waals surface area contributed by atoms with E-state index in [1.165, 1.54) is 0 Å².